The summed E-state index contributed by atoms with van der Waals surface area (Å²) in [6.07, 6.45) is 6.00. The minimum Gasteiger partial charge on any atom is -0.381 e. The summed E-state index contributed by atoms with van der Waals surface area (Å²) in [5.74, 6) is 0.534. The van der Waals surface area contributed by atoms with Crippen molar-refractivity contribution in [2.45, 2.75) is 32.6 Å². The van der Waals surface area contributed by atoms with Crippen LogP contribution in [-0.2, 0) is 9.53 Å². The van der Waals surface area contributed by atoms with Crippen molar-refractivity contribution in [3.63, 3.8) is 0 Å². The molecule has 1 fully saturated rings. The van der Waals surface area contributed by atoms with E-state index in [4.69, 9.17) is 4.74 Å². The zero-order chi connectivity index (χ0) is 12.7. The van der Waals surface area contributed by atoms with Gasteiger partial charge in [0.1, 0.15) is 0 Å². The molecule has 0 unspecified atom stereocenters. The average molecular weight is 239 g/mol. The molecule has 0 radical (unpaired) electrons. The molecule has 1 saturated heterocycles. The van der Waals surface area contributed by atoms with Gasteiger partial charge in [-0.15, -0.1) is 0 Å². The summed E-state index contributed by atoms with van der Waals surface area (Å²) in [5.41, 5.74) is 0.940. The second-order valence-electron chi connectivity index (χ2n) is 5.08. The average Bonchev–Trinajstić information content (AvgIpc) is 2.34. The first-order valence-corrected chi connectivity index (χ1v) is 6.54. The molecule has 0 aromatic heterocycles. The quantitative estimate of drug-likeness (QED) is 0.526. The molecular formula is C14H25NO2. The Morgan fingerprint density at radius 2 is 2.00 bits per heavy atom. The van der Waals surface area contributed by atoms with Crippen molar-refractivity contribution in [3.8, 4) is 0 Å². The molecule has 1 heterocycles. The van der Waals surface area contributed by atoms with Gasteiger partial charge in [-0.2, -0.15) is 0 Å². The lowest BCUT2D eigenvalue weighted by Crippen LogP contribution is -2.24. The molecule has 1 aliphatic heterocycles. The van der Waals surface area contributed by atoms with Crippen LogP contribution in [0.2, 0.25) is 0 Å². The van der Waals surface area contributed by atoms with Crippen molar-refractivity contribution < 1.29 is 9.53 Å². The van der Waals surface area contributed by atoms with E-state index in [1.807, 2.05) is 6.92 Å². The summed E-state index contributed by atoms with van der Waals surface area (Å²) in [6.45, 7) is 4.51. The number of nitrogens with zero attached hydrogens (tertiary/aromatic N) is 1. The highest BCUT2D eigenvalue weighted by Crippen LogP contribution is 2.19. The monoisotopic (exact) mass is 239 g/mol. The molecule has 0 spiro atoms. The summed E-state index contributed by atoms with van der Waals surface area (Å²) in [7, 11) is 4.15. The number of Topliss-reactive ketones (excluding diaryl/α,β-unsaturated/α-hetero) is 1. The Hall–Kier alpha value is -0.670. The number of ketones is 1. The summed E-state index contributed by atoms with van der Waals surface area (Å²) in [4.78, 5) is 14.3. The lowest BCUT2D eigenvalue weighted by atomic mass is 9.91. The normalized spacial score (nSPS) is 18.7. The third kappa shape index (κ3) is 5.46. The molecule has 0 aliphatic carbocycles. The molecule has 1 rings (SSSR count). The Balaban J connectivity index is 2.31. The van der Waals surface area contributed by atoms with Crippen LogP contribution >= 0.6 is 0 Å². The van der Waals surface area contributed by atoms with E-state index < -0.39 is 0 Å². The third-order valence-electron chi connectivity index (χ3n) is 3.24. The first-order valence-electron chi connectivity index (χ1n) is 6.54. The Bertz CT molecular complexity index is 265. The number of allylic oxidation sites excluding steroid dienone is 2. The Labute approximate surface area is 105 Å². The summed E-state index contributed by atoms with van der Waals surface area (Å²) >= 11 is 0. The van der Waals surface area contributed by atoms with Crippen LogP contribution < -0.4 is 0 Å². The molecule has 0 amide bonds. The van der Waals surface area contributed by atoms with E-state index in [9.17, 15) is 4.79 Å². The fourth-order valence-corrected chi connectivity index (χ4v) is 2.11. The van der Waals surface area contributed by atoms with E-state index in [2.05, 4.69) is 25.1 Å². The van der Waals surface area contributed by atoms with E-state index in [1.165, 1.54) is 0 Å². The van der Waals surface area contributed by atoms with Crippen molar-refractivity contribution in [1.82, 2.24) is 4.90 Å². The largest absolute Gasteiger partial charge is 0.381 e. The lowest BCUT2D eigenvalue weighted by Gasteiger charge is -2.21. The Morgan fingerprint density at radius 1 is 1.35 bits per heavy atom. The van der Waals surface area contributed by atoms with Crippen molar-refractivity contribution in [1.29, 1.82) is 0 Å². The van der Waals surface area contributed by atoms with Gasteiger partial charge in [0.2, 0.25) is 0 Å². The second kappa shape index (κ2) is 7.62. The van der Waals surface area contributed by atoms with E-state index >= 15 is 0 Å². The van der Waals surface area contributed by atoms with E-state index in [1.54, 1.807) is 0 Å². The van der Waals surface area contributed by atoms with Crippen molar-refractivity contribution >= 4 is 5.78 Å². The molecule has 0 N–H and O–H groups in total. The minimum absolute atomic E-state index is 0.203. The smallest absolute Gasteiger partial charge is 0.161 e. The number of rotatable bonds is 6. The third-order valence-corrected chi connectivity index (χ3v) is 3.24. The zero-order valence-electron chi connectivity index (χ0n) is 11.4. The van der Waals surface area contributed by atoms with Crippen LogP contribution in [0.4, 0.5) is 0 Å². The fourth-order valence-electron chi connectivity index (χ4n) is 2.11. The first-order chi connectivity index (χ1) is 8.11. The van der Waals surface area contributed by atoms with Crippen LogP contribution in [0.1, 0.15) is 32.6 Å². The van der Waals surface area contributed by atoms with Crippen LogP contribution in [0.3, 0.4) is 0 Å². The number of hydrogen-bond donors (Lipinski definition) is 0. The Kier molecular flexibility index (Phi) is 6.45. The van der Waals surface area contributed by atoms with Crippen LogP contribution in [0.25, 0.3) is 0 Å². The molecule has 0 aromatic rings. The first kappa shape index (κ1) is 14.4. The van der Waals surface area contributed by atoms with Crippen molar-refractivity contribution in [2.75, 3.05) is 33.9 Å². The highest BCUT2D eigenvalue weighted by molar-refractivity contribution is 5.96. The minimum atomic E-state index is 0.203. The van der Waals surface area contributed by atoms with Gasteiger partial charge >= 0.3 is 0 Å². The van der Waals surface area contributed by atoms with Gasteiger partial charge in [-0.1, -0.05) is 6.08 Å². The fraction of sp³-hybridized carbons (Fsp3) is 0.786. The van der Waals surface area contributed by atoms with Gasteiger partial charge in [0, 0.05) is 19.1 Å². The molecule has 98 valence electrons. The van der Waals surface area contributed by atoms with Crippen LogP contribution in [0.5, 0.6) is 0 Å². The predicted octanol–water partition coefficient (Wildman–Crippen LogP) is 2.27. The van der Waals surface area contributed by atoms with Crippen LogP contribution in [0.15, 0.2) is 11.6 Å². The molecular weight excluding hydrogens is 214 g/mol. The molecule has 17 heavy (non-hydrogen) atoms. The van der Waals surface area contributed by atoms with E-state index in [0.29, 0.717) is 5.78 Å². The topological polar surface area (TPSA) is 29.5 Å². The maximum absolute atomic E-state index is 12.1. The lowest BCUT2D eigenvalue weighted by molar-refractivity contribution is -0.121. The molecule has 0 bridgehead atoms. The standard InChI is InChI=1S/C14H25NO2/c1-12(6-4-5-9-15(2)3)14(16)13-7-10-17-11-8-13/h6,13H,4-5,7-11H2,1-3H3/b12-6-. The van der Waals surface area contributed by atoms with Crippen LogP contribution in [0, 0.1) is 5.92 Å². The van der Waals surface area contributed by atoms with Gasteiger partial charge in [0.05, 0.1) is 0 Å². The summed E-state index contributed by atoms with van der Waals surface area (Å²) < 4.78 is 5.28. The number of unbranched alkanes of at least 4 members (excludes halogenated alkanes) is 1. The number of carbonyl (C=O) groups is 1. The predicted molar refractivity (Wildman–Crippen MR) is 70.1 cm³/mol. The van der Waals surface area contributed by atoms with Crippen molar-refractivity contribution in [2.24, 2.45) is 5.92 Å². The summed E-state index contributed by atoms with van der Waals surface area (Å²) in [6, 6.07) is 0. The molecule has 3 heteroatoms. The van der Waals surface area contributed by atoms with E-state index in [0.717, 1.165) is 51.0 Å². The highest BCUT2D eigenvalue weighted by Gasteiger charge is 2.22. The van der Waals surface area contributed by atoms with E-state index in [-0.39, 0.29) is 5.92 Å². The van der Waals surface area contributed by atoms with Gasteiger partial charge in [-0.05, 0) is 58.8 Å². The van der Waals surface area contributed by atoms with Gasteiger partial charge in [-0.3, -0.25) is 4.79 Å². The van der Waals surface area contributed by atoms with Crippen molar-refractivity contribution in [3.05, 3.63) is 11.6 Å². The summed E-state index contributed by atoms with van der Waals surface area (Å²) in [5, 5.41) is 0. The molecule has 1 aliphatic rings. The maximum Gasteiger partial charge on any atom is 0.161 e. The molecule has 0 saturated carbocycles. The Morgan fingerprint density at radius 3 is 2.59 bits per heavy atom. The highest BCUT2D eigenvalue weighted by atomic mass is 16.5. The van der Waals surface area contributed by atoms with Gasteiger partial charge < -0.3 is 9.64 Å². The molecule has 0 atom stereocenters. The van der Waals surface area contributed by atoms with Gasteiger partial charge in [0.25, 0.3) is 0 Å². The van der Waals surface area contributed by atoms with Gasteiger partial charge in [-0.25, -0.2) is 0 Å². The number of carbonyl (C=O) groups excluding carboxylic acids is 1. The zero-order valence-corrected chi connectivity index (χ0v) is 11.4. The second-order valence-corrected chi connectivity index (χ2v) is 5.08. The number of hydrogen-bond acceptors (Lipinski definition) is 3. The van der Waals surface area contributed by atoms with Crippen LogP contribution in [-0.4, -0.2) is 44.5 Å². The number of ether oxygens (including phenoxy) is 1. The maximum atomic E-state index is 12.1. The molecule has 0 aromatic carbocycles. The van der Waals surface area contributed by atoms with Gasteiger partial charge in [0.15, 0.2) is 5.78 Å². The SMILES string of the molecule is C/C(=C/CCCN(C)C)C(=O)C1CCOCC1. The molecule has 3 nitrogen and oxygen atoms in total.